The fraction of sp³-hybridized carbons (Fsp3) is 0.450. The van der Waals surface area contributed by atoms with Gasteiger partial charge in [0.2, 0.25) is 9.84 Å². The van der Waals surface area contributed by atoms with E-state index in [-0.39, 0.29) is 19.6 Å². The fourth-order valence-electron chi connectivity index (χ4n) is 2.67. The lowest BCUT2D eigenvalue weighted by molar-refractivity contribution is -0.126. The molecule has 2 amide bonds. The van der Waals surface area contributed by atoms with Crippen molar-refractivity contribution < 1.29 is 37.4 Å². The molecule has 0 atom stereocenters. The second kappa shape index (κ2) is 9.38. The van der Waals surface area contributed by atoms with Gasteiger partial charge in [0.25, 0.3) is 5.91 Å². The maximum Gasteiger partial charge on any atom is 0.417 e. The van der Waals surface area contributed by atoms with Gasteiger partial charge in [-0.15, -0.1) is 0 Å². The number of sulfone groups is 1. The maximum atomic E-state index is 12.7. The van der Waals surface area contributed by atoms with E-state index in [4.69, 9.17) is 9.47 Å². The van der Waals surface area contributed by atoms with Gasteiger partial charge in [0.15, 0.2) is 4.91 Å². The van der Waals surface area contributed by atoms with Gasteiger partial charge in [-0.05, 0) is 52.0 Å². The molecule has 1 aromatic rings. The van der Waals surface area contributed by atoms with E-state index in [1.807, 2.05) is 0 Å². The summed E-state index contributed by atoms with van der Waals surface area (Å²) in [7, 11) is -4.30. The van der Waals surface area contributed by atoms with E-state index >= 15 is 0 Å². The molecule has 2 N–H and O–H groups in total. The van der Waals surface area contributed by atoms with Crippen LogP contribution >= 0.6 is 0 Å². The second-order valence-corrected chi connectivity index (χ2v) is 9.62. The topological polar surface area (TPSA) is 139 Å². The van der Waals surface area contributed by atoms with Gasteiger partial charge in [-0.1, -0.05) is 0 Å². The summed E-state index contributed by atoms with van der Waals surface area (Å²) >= 11 is 0. The number of hydrogen-bond donors (Lipinski definition) is 2. The Bertz CT molecular complexity index is 991. The predicted molar refractivity (Wildman–Crippen MR) is 112 cm³/mol. The van der Waals surface area contributed by atoms with E-state index in [0.717, 1.165) is 0 Å². The molecule has 0 saturated carbocycles. The Morgan fingerprint density at radius 2 is 1.81 bits per heavy atom. The summed E-state index contributed by atoms with van der Waals surface area (Å²) < 4.78 is 35.5. The van der Waals surface area contributed by atoms with Crippen molar-refractivity contribution in [1.82, 2.24) is 4.90 Å². The fourth-order valence-corrected chi connectivity index (χ4v) is 4.01. The zero-order chi connectivity index (χ0) is 23.4. The molecule has 0 fully saturated rings. The average Bonchev–Trinajstić information content (AvgIpc) is 2.65. The highest BCUT2D eigenvalue weighted by Gasteiger charge is 2.40. The van der Waals surface area contributed by atoms with Crippen molar-refractivity contribution in [2.75, 3.05) is 24.3 Å². The minimum atomic E-state index is -4.30. The molecule has 10 nitrogen and oxygen atoms in total. The molecule has 0 spiro atoms. The van der Waals surface area contributed by atoms with Crippen LogP contribution in [0.3, 0.4) is 0 Å². The number of benzene rings is 1. The van der Waals surface area contributed by atoms with Crippen LogP contribution in [0.4, 0.5) is 10.5 Å². The molecule has 1 heterocycles. The average molecular weight is 455 g/mol. The van der Waals surface area contributed by atoms with Gasteiger partial charge in [0, 0.05) is 18.7 Å². The van der Waals surface area contributed by atoms with E-state index in [2.05, 4.69) is 5.32 Å². The molecule has 11 heteroatoms. The zero-order valence-electron chi connectivity index (χ0n) is 17.8. The number of ether oxygens (including phenoxy) is 2. The molecule has 1 aliphatic rings. The number of nitrogens with zero attached hydrogens (tertiary/aromatic N) is 1. The number of aliphatic hydroxyl groups excluding tert-OH is 1. The van der Waals surface area contributed by atoms with E-state index in [1.54, 1.807) is 27.7 Å². The predicted octanol–water partition coefficient (Wildman–Crippen LogP) is 2.58. The highest BCUT2D eigenvalue weighted by atomic mass is 32.2. The van der Waals surface area contributed by atoms with Gasteiger partial charge >= 0.3 is 12.1 Å². The summed E-state index contributed by atoms with van der Waals surface area (Å²) in [6.07, 6.45) is -1.19. The number of anilines is 1. The molecule has 1 aliphatic heterocycles. The smallest absolute Gasteiger partial charge is 0.417 e. The van der Waals surface area contributed by atoms with Gasteiger partial charge in [-0.2, -0.15) is 0 Å². The third-order valence-corrected chi connectivity index (χ3v) is 5.62. The number of esters is 1. The van der Waals surface area contributed by atoms with Gasteiger partial charge in [-0.3, -0.25) is 4.79 Å². The molecule has 31 heavy (non-hydrogen) atoms. The van der Waals surface area contributed by atoms with Crippen LogP contribution < -0.4 is 5.32 Å². The Balaban J connectivity index is 2.14. The van der Waals surface area contributed by atoms with Crippen LogP contribution in [-0.2, 0) is 24.1 Å². The molecule has 0 aliphatic carbocycles. The first-order valence-electron chi connectivity index (χ1n) is 9.56. The summed E-state index contributed by atoms with van der Waals surface area (Å²) in [5.41, 5.74) is -0.216. The SMILES string of the molecule is CCOC(=O)c1ccc(NCS(=O)(=O)C2=C(O)CCN(C(=O)OC(C)(C)C)C2=O)cc1. The third-order valence-electron chi connectivity index (χ3n) is 4.06. The molecular weight excluding hydrogens is 428 g/mol. The Kier molecular flexibility index (Phi) is 7.32. The largest absolute Gasteiger partial charge is 0.511 e. The highest BCUT2D eigenvalue weighted by molar-refractivity contribution is 7.96. The third kappa shape index (κ3) is 6.20. The van der Waals surface area contributed by atoms with Gasteiger partial charge in [0.1, 0.15) is 17.2 Å². The Labute approximate surface area is 180 Å². The molecular formula is C20H26N2O8S. The maximum absolute atomic E-state index is 12.7. The number of carbonyl (C=O) groups excluding carboxylic acids is 3. The number of nitrogens with one attached hydrogen (secondary N) is 1. The summed E-state index contributed by atoms with van der Waals surface area (Å²) in [6, 6.07) is 5.87. The van der Waals surface area contributed by atoms with Crippen LogP contribution in [0.2, 0.25) is 0 Å². The van der Waals surface area contributed by atoms with Crippen LogP contribution in [-0.4, -0.2) is 61.0 Å². The molecule has 170 valence electrons. The zero-order valence-corrected chi connectivity index (χ0v) is 18.6. The van der Waals surface area contributed by atoms with E-state index in [0.29, 0.717) is 16.2 Å². The van der Waals surface area contributed by atoms with E-state index in [1.165, 1.54) is 24.3 Å². The van der Waals surface area contributed by atoms with Gasteiger partial charge in [0.05, 0.1) is 12.2 Å². The molecule has 0 aromatic heterocycles. The van der Waals surface area contributed by atoms with Crippen molar-refractivity contribution in [2.24, 2.45) is 0 Å². The number of aliphatic hydroxyl groups is 1. The summed E-state index contributed by atoms with van der Waals surface area (Å²) in [6.45, 7) is 6.55. The Hall–Kier alpha value is -3.08. The van der Waals surface area contributed by atoms with Gasteiger partial charge in [-0.25, -0.2) is 22.9 Å². The molecule has 1 aromatic carbocycles. The van der Waals surface area contributed by atoms with Crippen LogP contribution in [0.15, 0.2) is 34.9 Å². The van der Waals surface area contributed by atoms with Crippen molar-refractivity contribution in [3.63, 3.8) is 0 Å². The number of carbonyl (C=O) groups is 3. The first-order valence-corrected chi connectivity index (χ1v) is 11.2. The Morgan fingerprint density at radius 1 is 1.19 bits per heavy atom. The highest BCUT2D eigenvalue weighted by Crippen LogP contribution is 2.25. The standard InChI is InChI=1S/C20H26N2O8S/c1-5-29-18(25)13-6-8-14(9-7-13)21-12-31(27,28)16-15(23)10-11-22(17(16)24)19(26)30-20(2,3)4/h6-9,21,23H,5,10-12H2,1-4H3. The minimum Gasteiger partial charge on any atom is -0.511 e. The number of imide groups is 1. The minimum absolute atomic E-state index is 0.193. The number of hydrogen-bond acceptors (Lipinski definition) is 9. The quantitative estimate of drug-likeness (QED) is 0.621. The number of rotatable bonds is 6. The lowest BCUT2D eigenvalue weighted by Gasteiger charge is -2.29. The first-order chi connectivity index (χ1) is 14.4. The second-order valence-electron chi connectivity index (χ2n) is 7.70. The molecule has 0 radical (unpaired) electrons. The Morgan fingerprint density at radius 3 is 2.35 bits per heavy atom. The summed E-state index contributed by atoms with van der Waals surface area (Å²) in [5.74, 6) is -2.97. The molecule has 0 bridgehead atoms. The van der Waals surface area contributed by atoms with Crippen molar-refractivity contribution in [3.8, 4) is 0 Å². The molecule has 2 rings (SSSR count). The van der Waals surface area contributed by atoms with Crippen molar-refractivity contribution in [2.45, 2.75) is 39.7 Å². The first kappa shape index (κ1) is 24.2. The molecule has 0 saturated heterocycles. The normalized spacial score (nSPS) is 15.0. The van der Waals surface area contributed by atoms with Crippen LogP contribution in [0, 0.1) is 0 Å². The molecule has 0 unspecified atom stereocenters. The van der Waals surface area contributed by atoms with Crippen LogP contribution in [0.1, 0.15) is 44.5 Å². The van der Waals surface area contributed by atoms with Crippen molar-refractivity contribution in [1.29, 1.82) is 0 Å². The van der Waals surface area contributed by atoms with Crippen molar-refractivity contribution in [3.05, 3.63) is 40.5 Å². The lowest BCUT2D eigenvalue weighted by atomic mass is 10.2. The van der Waals surface area contributed by atoms with Crippen LogP contribution in [0.5, 0.6) is 0 Å². The lowest BCUT2D eigenvalue weighted by Crippen LogP contribution is -2.46. The monoisotopic (exact) mass is 454 g/mol. The summed E-state index contributed by atoms with van der Waals surface area (Å²) in [5, 5.41) is 12.7. The van der Waals surface area contributed by atoms with Gasteiger partial charge < -0.3 is 19.9 Å². The van der Waals surface area contributed by atoms with Crippen LogP contribution in [0.25, 0.3) is 0 Å². The number of amides is 2. The van der Waals surface area contributed by atoms with E-state index in [9.17, 15) is 27.9 Å². The van der Waals surface area contributed by atoms with E-state index < -0.39 is 49.9 Å². The van der Waals surface area contributed by atoms with Crippen molar-refractivity contribution >= 4 is 33.5 Å². The summed E-state index contributed by atoms with van der Waals surface area (Å²) in [4.78, 5) is 36.4.